The highest BCUT2D eigenvalue weighted by Crippen LogP contribution is 2.36. The molecule has 0 saturated carbocycles. The Morgan fingerprint density at radius 3 is 2.16 bits per heavy atom. The summed E-state index contributed by atoms with van der Waals surface area (Å²) in [4.78, 5) is 22.1. The van der Waals surface area contributed by atoms with Gasteiger partial charge in [-0.3, -0.25) is 13.7 Å². The molecule has 1 aromatic heterocycles. The second kappa shape index (κ2) is 12.8. The van der Waals surface area contributed by atoms with Crippen molar-refractivity contribution < 1.29 is 43.7 Å². The van der Waals surface area contributed by atoms with Crippen LogP contribution in [0.2, 0.25) is 5.28 Å². The number of benzene rings is 3. The fraction of sp³-hybridized carbons (Fsp3) is 0.0909. The first-order valence-electron chi connectivity index (χ1n) is 11.9. The summed E-state index contributed by atoms with van der Waals surface area (Å²) in [6.07, 6.45) is 0. The molecule has 2 amide bonds. The molecule has 0 aliphatic carbocycles. The number of rotatable bonds is 11. The molecule has 19 nitrogen and oxygen atoms in total. The quantitative estimate of drug-likeness (QED) is 0.0872. The molecule has 238 valence electrons. The summed E-state index contributed by atoms with van der Waals surface area (Å²) >= 11 is 5.91. The fourth-order valence-electron chi connectivity index (χ4n) is 3.72. The number of fused-ring (bicyclic) bond motifs is 1. The molecule has 0 saturated heterocycles. The topological polar surface area (TPSA) is 306 Å². The molecular weight excluding hydrogens is 682 g/mol. The number of carbonyl (C=O) groups is 1. The number of primary amides is 1. The molecular formula is C22H20ClN9O10S3. The van der Waals surface area contributed by atoms with E-state index in [1.165, 1.54) is 30.3 Å². The van der Waals surface area contributed by atoms with Crippen LogP contribution in [0.4, 0.5) is 39.4 Å². The number of hydrogen-bond acceptors (Lipinski definition) is 14. The van der Waals surface area contributed by atoms with Crippen molar-refractivity contribution >= 4 is 93.4 Å². The van der Waals surface area contributed by atoms with E-state index in [0.29, 0.717) is 0 Å². The molecule has 0 unspecified atom stereocenters. The third kappa shape index (κ3) is 8.98. The summed E-state index contributed by atoms with van der Waals surface area (Å²) in [7, 11) is -13.9. The molecule has 23 heteroatoms. The summed E-state index contributed by atoms with van der Waals surface area (Å²) in [6, 6.07) is 8.55. The molecule has 0 fully saturated rings. The molecule has 0 bridgehead atoms. The third-order valence-corrected chi connectivity index (χ3v) is 8.19. The van der Waals surface area contributed by atoms with Crippen LogP contribution < -0.4 is 21.7 Å². The van der Waals surface area contributed by atoms with Crippen LogP contribution in [0.1, 0.15) is 0 Å². The van der Waals surface area contributed by atoms with Crippen molar-refractivity contribution in [3.05, 3.63) is 53.8 Å². The maximum atomic E-state index is 12.1. The van der Waals surface area contributed by atoms with Gasteiger partial charge in [0.1, 0.15) is 21.2 Å². The summed E-state index contributed by atoms with van der Waals surface area (Å²) in [5.41, 5.74) is 4.80. The summed E-state index contributed by atoms with van der Waals surface area (Å²) in [6.45, 7) is -0.251. The minimum absolute atomic E-state index is 0.0402. The molecule has 0 atom stereocenters. The Labute approximate surface area is 259 Å². The van der Waals surface area contributed by atoms with E-state index in [0.717, 1.165) is 18.2 Å². The van der Waals surface area contributed by atoms with E-state index < -0.39 is 57.6 Å². The van der Waals surface area contributed by atoms with Crippen molar-refractivity contribution in [3.63, 3.8) is 0 Å². The van der Waals surface area contributed by atoms with Gasteiger partial charge in [-0.05, 0) is 53.4 Å². The fourth-order valence-corrected chi connectivity index (χ4v) is 5.59. The molecule has 0 aliphatic rings. The molecule has 0 aliphatic heterocycles. The van der Waals surface area contributed by atoms with E-state index in [4.69, 9.17) is 21.9 Å². The Hall–Kier alpha value is -4.58. The smallest absolute Gasteiger partial charge is 0.316 e. The van der Waals surface area contributed by atoms with Crippen LogP contribution in [0.5, 0.6) is 0 Å². The highest BCUT2D eigenvalue weighted by atomic mass is 35.5. The van der Waals surface area contributed by atoms with E-state index in [-0.39, 0.29) is 51.6 Å². The van der Waals surface area contributed by atoms with Crippen molar-refractivity contribution in [2.45, 2.75) is 9.79 Å². The molecule has 0 radical (unpaired) electrons. The lowest BCUT2D eigenvalue weighted by Gasteiger charge is -2.11. The molecule has 4 aromatic rings. The Morgan fingerprint density at radius 2 is 1.51 bits per heavy atom. The Morgan fingerprint density at radius 1 is 0.844 bits per heavy atom. The van der Waals surface area contributed by atoms with Gasteiger partial charge in [0.25, 0.3) is 30.4 Å². The minimum atomic E-state index is -4.91. The molecule has 4 rings (SSSR count). The van der Waals surface area contributed by atoms with Crippen LogP contribution in [0.25, 0.3) is 10.8 Å². The van der Waals surface area contributed by atoms with Gasteiger partial charge >= 0.3 is 6.03 Å². The van der Waals surface area contributed by atoms with Gasteiger partial charge in [0.2, 0.25) is 17.2 Å². The number of carbonyl (C=O) groups excluding carboxylic acids is 1. The second-order valence-corrected chi connectivity index (χ2v) is 13.4. The van der Waals surface area contributed by atoms with Crippen LogP contribution in [0, 0.1) is 0 Å². The van der Waals surface area contributed by atoms with E-state index in [2.05, 4.69) is 41.1 Å². The standard InChI is InChI=1S/C22H20ClN9O10S3/c23-19-28-21(25-6-7-43(34,35)36)30-22(29-19)26-12-4-5-14(15(9-12)27-20(24)33)31-32-16-10-13-11(8-18(16)45(40,41)42)2-1-3-17(13)44(37,38)39/h1-5,8-10H,6-7H2,(H3,24,27,33)(H,34,35,36)(H,37,38,39)(H,40,41,42)(H2,25,26,28,29,30)/b32-31+. The van der Waals surface area contributed by atoms with Gasteiger partial charge in [0, 0.05) is 17.6 Å². The molecule has 3 aromatic carbocycles. The number of nitrogens with one attached hydrogen (secondary N) is 3. The number of halogens is 1. The first kappa shape index (κ1) is 33.3. The second-order valence-electron chi connectivity index (χ2n) is 8.76. The number of urea groups is 1. The Bertz CT molecular complexity index is 2180. The van der Waals surface area contributed by atoms with Gasteiger partial charge in [-0.2, -0.15) is 40.2 Å². The van der Waals surface area contributed by atoms with Gasteiger partial charge in [-0.1, -0.05) is 12.1 Å². The third-order valence-electron chi connectivity index (χ3n) is 5.50. The predicted octanol–water partition coefficient (Wildman–Crippen LogP) is 3.12. The molecule has 0 spiro atoms. The minimum Gasteiger partial charge on any atom is -0.353 e. The molecule has 1 heterocycles. The number of anilines is 4. The van der Waals surface area contributed by atoms with Crippen LogP contribution in [-0.2, 0) is 30.4 Å². The monoisotopic (exact) mass is 701 g/mol. The number of nitrogens with two attached hydrogens (primary N) is 1. The SMILES string of the molecule is NC(=O)Nc1cc(Nc2nc(Cl)nc(NCCS(=O)(=O)O)n2)ccc1/N=N/c1cc2c(S(=O)(=O)O)cccc2cc1S(=O)(=O)O. The largest absolute Gasteiger partial charge is 0.353 e. The van der Waals surface area contributed by atoms with E-state index in [1.54, 1.807) is 0 Å². The summed E-state index contributed by atoms with van der Waals surface area (Å²) in [5, 5.41) is 15.0. The van der Waals surface area contributed by atoms with Crippen molar-refractivity contribution in [1.29, 1.82) is 0 Å². The number of aromatic nitrogens is 3. The number of nitrogens with zero attached hydrogens (tertiary/aromatic N) is 5. The Kier molecular flexibility index (Phi) is 9.48. The number of amides is 2. The van der Waals surface area contributed by atoms with Crippen molar-refractivity contribution in [1.82, 2.24) is 15.0 Å². The molecule has 8 N–H and O–H groups in total. The van der Waals surface area contributed by atoms with Crippen LogP contribution in [0.15, 0.2) is 68.6 Å². The van der Waals surface area contributed by atoms with Crippen LogP contribution in [0.3, 0.4) is 0 Å². The zero-order valence-corrected chi connectivity index (χ0v) is 25.4. The Balaban J connectivity index is 1.71. The maximum Gasteiger partial charge on any atom is 0.316 e. The summed E-state index contributed by atoms with van der Waals surface area (Å²) in [5.74, 6) is -0.902. The van der Waals surface area contributed by atoms with Gasteiger partial charge in [-0.15, -0.1) is 10.2 Å². The lowest BCUT2D eigenvalue weighted by atomic mass is 10.1. The first-order chi connectivity index (χ1) is 20.9. The summed E-state index contributed by atoms with van der Waals surface area (Å²) < 4.78 is 98.1. The highest BCUT2D eigenvalue weighted by Gasteiger charge is 2.21. The van der Waals surface area contributed by atoms with Crippen LogP contribution >= 0.6 is 11.6 Å². The zero-order chi connectivity index (χ0) is 33.2. The number of azo groups is 1. The lowest BCUT2D eigenvalue weighted by molar-refractivity contribution is 0.259. The average Bonchev–Trinajstić information content (AvgIpc) is 2.89. The predicted molar refractivity (Wildman–Crippen MR) is 160 cm³/mol. The normalized spacial score (nSPS) is 12.4. The maximum absolute atomic E-state index is 12.1. The van der Waals surface area contributed by atoms with E-state index in [1.807, 2.05) is 0 Å². The lowest BCUT2D eigenvalue weighted by Crippen LogP contribution is -2.19. The van der Waals surface area contributed by atoms with Gasteiger partial charge < -0.3 is 21.7 Å². The van der Waals surface area contributed by atoms with Crippen molar-refractivity contribution in [2.75, 3.05) is 28.2 Å². The average molecular weight is 702 g/mol. The first-order valence-corrected chi connectivity index (χ1v) is 16.8. The van der Waals surface area contributed by atoms with E-state index >= 15 is 0 Å². The van der Waals surface area contributed by atoms with Gasteiger partial charge in [0.05, 0.1) is 11.4 Å². The van der Waals surface area contributed by atoms with Crippen LogP contribution in [-0.4, -0.2) is 72.2 Å². The number of hydrogen-bond donors (Lipinski definition) is 7. The van der Waals surface area contributed by atoms with Crippen molar-refractivity contribution in [3.8, 4) is 0 Å². The van der Waals surface area contributed by atoms with Gasteiger partial charge in [0.15, 0.2) is 0 Å². The van der Waals surface area contributed by atoms with Crippen molar-refractivity contribution in [2.24, 2.45) is 16.0 Å². The van der Waals surface area contributed by atoms with E-state index in [9.17, 15) is 39.2 Å². The van der Waals surface area contributed by atoms with Gasteiger partial charge in [-0.25, -0.2) is 4.79 Å². The highest BCUT2D eigenvalue weighted by molar-refractivity contribution is 7.86. The zero-order valence-electron chi connectivity index (χ0n) is 22.1. The molecule has 45 heavy (non-hydrogen) atoms.